The van der Waals surface area contributed by atoms with Gasteiger partial charge in [-0.2, -0.15) is 0 Å². The molecule has 9 heteroatoms. The van der Waals surface area contributed by atoms with Gasteiger partial charge in [-0.15, -0.1) is 0 Å². The lowest BCUT2D eigenvalue weighted by Gasteiger charge is -2.39. The van der Waals surface area contributed by atoms with Gasteiger partial charge < -0.3 is 19.5 Å². The van der Waals surface area contributed by atoms with Crippen LogP contribution in [0.3, 0.4) is 0 Å². The number of nitrogens with zero attached hydrogens (tertiary/aromatic N) is 2. The van der Waals surface area contributed by atoms with Crippen LogP contribution in [0.4, 0.5) is 4.79 Å². The van der Waals surface area contributed by atoms with E-state index in [1.807, 2.05) is 25.1 Å². The third-order valence-corrected chi connectivity index (χ3v) is 6.18. The molecule has 0 aliphatic carbocycles. The topological polar surface area (TPSA) is 97.4 Å². The number of carbonyl (C=O) groups excluding carboxylic acids is 3. The molecule has 0 unspecified atom stereocenters. The summed E-state index contributed by atoms with van der Waals surface area (Å²) in [6, 6.07) is 6.33. The van der Waals surface area contributed by atoms with Crippen molar-refractivity contribution in [1.29, 1.82) is 0 Å². The molecular weight excluding hydrogens is 438 g/mol. The molecule has 0 aromatic heterocycles. The van der Waals surface area contributed by atoms with Crippen molar-refractivity contribution in [3.05, 3.63) is 41.1 Å². The molecule has 2 heterocycles. The Morgan fingerprint density at radius 2 is 1.91 bits per heavy atom. The van der Waals surface area contributed by atoms with Crippen LogP contribution in [0.2, 0.25) is 0 Å². The molecule has 1 aromatic rings. The molecule has 2 atom stereocenters. The number of esters is 2. The van der Waals surface area contributed by atoms with E-state index in [1.165, 1.54) is 0 Å². The number of urea groups is 1. The van der Waals surface area contributed by atoms with Gasteiger partial charge in [0.05, 0.1) is 37.9 Å². The standard InChI is InChI=1S/C25H35N3O6/c1-5-28-20(16-27-13-9-11-18(15-27)23(29)33-6-2)21(24(30)34-7-3)22(26-25(28)31)17-10-8-12-19(14-17)32-4/h8,10,12,14,18,22H,5-7,9,11,13,15-16H2,1-4H3,(H,26,31)/t18-,22+/m1/s1. The van der Waals surface area contributed by atoms with Crippen LogP contribution in [-0.4, -0.2) is 74.3 Å². The number of ether oxygens (including phenoxy) is 3. The van der Waals surface area contributed by atoms with Crippen LogP contribution in [-0.2, 0) is 19.1 Å². The van der Waals surface area contributed by atoms with E-state index in [-0.39, 0.29) is 24.5 Å². The number of hydrogen-bond donors (Lipinski definition) is 1. The Morgan fingerprint density at radius 1 is 1.15 bits per heavy atom. The third kappa shape index (κ3) is 5.70. The molecule has 2 amide bonds. The minimum atomic E-state index is -0.676. The average Bonchev–Trinajstić information content (AvgIpc) is 2.84. The fourth-order valence-electron chi connectivity index (χ4n) is 4.59. The molecule has 0 saturated carbocycles. The first-order chi connectivity index (χ1) is 16.4. The van der Waals surface area contributed by atoms with E-state index in [0.717, 1.165) is 24.9 Å². The average molecular weight is 474 g/mol. The van der Waals surface area contributed by atoms with Gasteiger partial charge in [0.1, 0.15) is 5.75 Å². The van der Waals surface area contributed by atoms with Gasteiger partial charge in [-0.1, -0.05) is 12.1 Å². The van der Waals surface area contributed by atoms with E-state index >= 15 is 0 Å². The number of amides is 2. The summed E-state index contributed by atoms with van der Waals surface area (Å²) in [5.41, 5.74) is 1.73. The summed E-state index contributed by atoms with van der Waals surface area (Å²) in [6.45, 7) is 8.01. The van der Waals surface area contributed by atoms with Crippen molar-refractivity contribution < 1.29 is 28.6 Å². The molecule has 186 valence electrons. The second-order valence-corrected chi connectivity index (χ2v) is 8.31. The van der Waals surface area contributed by atoms with Gasteiger partial charge >= 0.3 is 18.0 Å². The number of nitrogens with one attached hydrogen (secondary N) is 1. The highest BCUT2D eigenvalue weighted by atomic mass is 16.5. The molecule has 1 N–H and O–H groups in total. The number of benzene rings is 1. The Balaban J connectivity index is 2.01. The number of hydrogen-bond acceptors (Lipinski definition) is 7. The molecule has 0 bridgehead atoms. The van der Waals surface area contributed by atoms with Crippen LogP contribution in [0.25, 0.3) is 0 Å². The summed E-state index contributed by atoms with van der Waals surface area (Å²) < 4.78 is 16.0. The molecule has 0 radical (unpaired) electrons. The van der Waals surface area contributed by atoms with Gasteiger partial charge in [-0.25, -0.2) is 9.59 Å². The number of likely N-dealkylation sites (N-methyl/N-ethyl adjacent to an activating group) is 1. The van der Waals surface area contributed by atoms with Crippen molar-refractivity contribution in [3.8, 4) is 5.75 Å². The Morgan fingerprint density at radius 3 is 2.59 bits per heavy atom. The van der Waals surface area contributed by atoms with Crippen molar-refractivity contribution >= 4 is 18.0 Å². The zero-order chi connectivity index (χ0) is 24.7. The van der Waals surface area contributed by atoms with Gasteiger partial charge in [0.25, 0.3) is 0 Å². The van der Waals surface area contributed by atoms with E-state index < -0.39 is 12.0 Å². The molecule has 1 saturated heterocycles. The summed E-state index contributed by atoms with van der Waals surface area (Å²) in [4.78, 5) is 42.4. The summed E-state index contributed by atoms with van der Waals surface area (Å²) in [6.07, 6.45) is 1.60. The maximum atomic E-state index is 13.2. The lowest BCUT2D eigenvalue weighted by molar-refractivity contribution is -0.150. The van der Waals surface area contributed by atoms with E-state index in [2.05, 4.69) is 10.2 Å². The van der Waals surface area contributed by atoms with Crippen molar-refractivity contribution in [2.45, 2.75) is 39.7 Å². The fourth-order valence-corrected chi connectivity index (χ4v) is 4.59. The highest BCUT2D eigenvalue weighted by molar-refractivity contribution is 5.95. The van der Waals surface area contributed by atoms with E-state index in [0.29, 0.717) is 43.3 Å². The predicted molar refractivity (Wildman–Crippen MR) is 126 cm³/mol. The Hall–Kier alpha value is -3.07. The first kappa shape index (κ1) is 25.6. The highest BCUT2D eigenvalue weighted by Crippen LogP contribution is 2.34. The van der Waals surface area contributed by atoms with Crippen LogP contribution in [0.5, 0.6) is 5.75 Å². The van der Waals surface area contributed by atoms with Crippen LogP contribution in [0, 0.1) is 5.92 Å². The normalized spacial score (nSPS) is 21.2. The van der Waals surface area contributed by atoms with Crippen LogP contribution >= 0.6 is 0 Å². The largest absolute Gasteiger partial charge is 0.497 e. The second-order valence-electron chi connectivity index (χ2n) is 8.31. The Bertz CT molecular complexity index is 931. The molecule has 9 nitrogen and oxygen atoms in total. The number of carbonyl (C=O) groups is 3. The molecular formula is C25H35N3O6. The van der Waals surface area contributed by atoms with E-state index in [1.54, 1.807) is 31.9 Å². The fraction of sp³-hybridized carbons (Fsp3) is 0.560. The van der Waals surface area contributed by atoms with Gasteiger partial charge in [0.15, 0.2) is 0 Å². The van der Waals surface area contributed by atoms with E-state index in [9.17, 15) is 14.4 Å². The highest BCUT2D eigenvalue weighted by Gasteiger charge is 2.39. The quantitative estimate of drug-likeness (QED) is 0.551. The monoisotopic (exact) mass is 473 g/mol. The van der Waals surface area contributed by atoms with Crippen LogP contribution in [0.1, 0.15) is 45.2 Å². The first-order valence-corrected chi connectivity index (χ1v) is 11.9. The van der Waals surface area contributed by atoms with E-state index in [4.69, 9.17) is 14.2 Å². The van der Waals surface area contributed by atoms with Gasteiger partial charge in [0.2, 0.25) is 0 Å². The third-order valence-electron chi connectivity index (χ3n) is 6.18. The maximum Gasteiger partial charge on any atom is 0.338 e. The van der Waals surface area contributed by atoms with Crippen LogP contribution < -0.4 is 10.1 Å². The Labute approximate surface area is 201 Å². The number of methoxy groups -OCH3 is 1. The smallest absolute Gasteiger partial charge is 0.338 e. The van der Waals surface area contributed by atoms with Crippen LogP contribution in [0.15, 0.2) is 35.5 Å². The van der Waals surface area contributed by atoms with Crippen molar-refractivity contribution in [1.82, 2.24) is 15.1 Å². The van der Waals surface area contributed by atoms with Crippen molar-refractivity contribution in [2.75, 3.05) is 46.5 Å². The van der Waals surface area contributed by atoms with Gasteiger partial charge in [-0.3, -0.25) is 14.6 Å². The van der Waals surface area contributed by atoms with Gasteiger partial charge in [-0.05, 0) is 57.9 Å². The number of piperidine rings is 1. The number of likely N-dealkylation sites (tertiary alicyclic amines) is 1. The first-order valence-electron chi connectivity index (χ1n) is 11.9. The molecule has 2 aliphatic rings. The number of rotatable bonds is 9. The Kier molecular flexibility index (Phi) is 8.92. The minimum absolute atomic E-state index is 0.199. The molecule has 1 aromatic carbocycles. The van der Waals surface area contributed by atoms with Crippen molar-refractivity contribution in [2.24, 2.45) is 5.92 Å². The molecule has 1 fully saturated rings. The lowest BCUT2D eigenvalue weighted by Crippen LogP contribution is -2.51. The lowest BCUT2D eigenvalue weighted by atomic mass is 9.93. The molecule has 34 heavy (non-hydrogen) atoms. The summed E-state index contributed by atoms with van der Waals surface area (Å²) in [7, 11) is 1.57. The van der Waals surface area contributed by atoms with Gasteiger partial charge in [0, 0.05) is 25.3 Å². The summed E-state index contributed by atoms with van der Waals surface area (Å²) in [5.74, 6) is -0.262. The molecule has 0 spiro atoms. The summed E-state index contributed by atoms with van der Waals surface area (Å²) >= 11 is 0. The predicted octanol–water partition coefficient (Wildman–Crippen LogP) is 2.87. The zero-order valence-electron chi connectivity index (χ0n) is 20.5. The second kappa shape index (κ2) is 11.9. The molecule has 3 rings (SSSR count). The molecule has 2 aliphatic heterocycles. The SMILES string of the molecule is CCOC(=O)C1=C(CN2CCC[C@@H](C(=O)OCC)C2)N(CC)C(=O)N[C@H]1c1cccc(OC)c1. The maximum absolute atomic E-state index is 13.2. The minimum Gasteiger partial charge on any atom is -0.497 e. The zero-order valence-corrected chi connectivity index (χ0v) is 20.5. The summed E-state index contributed by atoms with van der Waals surface area (Å²) in [5, 5.41) is 2.97. The van der Waals surface area contributed by atoms with Crippen molar-refractivity contribution in [3.63, 3.8) is 0 Å².